The van der Waals surface area contributed by atoms with Crippen LogP contribution in [0.1, 0.15) is 22.8 Å². The van der Waals surface area contributed by atoms with Crippen LogP contribution in [0.3, 0.4) is 0 Å². The Hall–Kier alpha value is -3.19. The maximum absolute atomic E-state index is 12.6. The lowest BCUT2D eigenvalue weighted by Crippen LogP contribution is -2.49. The van der Waals surface area contributed by atoms with Gasteiger partial charge in [-0.25, -0.2) is 0 Å². The summed E-state index contributed by atoms with van der Waals surface area (Å²) in [6.45, 7) is 4.77. The van der Waals surface area contributed by atoms with E-state index in [1.807, 2.05) is 35.2 Å². The summed E-state index contributed by atoms with van der Waals surface area (Å²) in [6.07, 6.45) is 0. The monoisotopic (exact) mass is 394 g/mol. The quantitative estimate of drug-likeness (QED) is 0.782. The second kappa shape index (κ2) is 9.84. The molecule has 1 heterocycles. The Bertz CT molecular complexity index is 861. The molecule has 7 nitrogen and oxygen atoms in total. The normalized spacial score (nSPS) is 14.3. The van der Waals surface area contributed by atoms with Crippen LogP contribution < -0.4 is 10.6 Å². The summed E-state index contributed by atoms with van der Waals surface area (Å²) < 4.78 is 0. The molecule has 7 heteroatoms. The summed E-state index contributed by atoms with van der Waals surface area (Å²) in [4.78, 5) is 40.3. The predicted octanol–water partition coefficient (Wildman–Crippen LogP) is 1.72. The molecule has 2 aromatic carbocycles. The van der Waals surface area contributed by atoms with Crippen molar-refractivity contribution in [1.29, 1.82) is 0 Å². The van der Waals surface area contributed by atoms with E-state index in [2.05, 4.69) is 10.6 Å². The van der Waals surface area contributed by atoms with Crippen LogP contribution in [-0.2, 0) is 16.1 Å². The summed E-state index contributed by atoms with van der Waals surface area (Å²) in [5.74, 6) is -0.353. The van der Waals surface area contributed by atoms with Gasteiger partial charge in [-0.3, -0.25) is 19.3 Å². The molecule has 0 bridgehead atoms. The van der Waals surface area contributed by atoms with E-state index >= 15 is 0 Å². The third-order valence-corrected chi connectivity index (χ3v) is 4.93. The fraction of sp³-hybridized carbons (Fsp3) is 0.318. The van der Waals surface area contributed by atoms with Crippen molar-refractivity contribution in [1.82, 2.24) is 15.1 Å². The number of amides is 3. The molecule has 1 aliphatic rings. The molecule has 1 aliphatic heterocycles. The standard InChI is InChI=1S/C22H26N4O3/c1-17(27)26-13-11-25(12-14-26)16-21(28)24-20-10-6-5-9-19(20)22(29)23-15-18-7-3-2-4-8-18/h2-10H,11-16H2,1H3,(H,23,29)(H,24,28). The summed E-state index contributed by atoms with van der Waals surface area (Å²) >= 11 is 0. The first-order valence-corrected chi connectivity index (χ1v) is 9.72. The Balaban J connectivity index is 1.55. The summed E-state index contributed by atoms with van der Waals surface area (Å²) in [5, 5.41) is 5.74. The van der Waals surface area contributed by atoms with Crippen LogP contribution in [0.2, 0.25) is 0 Å². The minimum absolute atomic E-state index is 0.0598. The number of rotatable bonds is 6. The summed E-state index contributed by atoms with van der Waals surface area (Å²) in [6, 6.07) is 16.6. The van der Waals surface area contributed by atoms with Gasteiger partial charge >= 0.3 is 0 Å². The molecule has 2 aromatic rings. The largest absolute Gasteiger partial charge is 0.348 e. The van der Waals surface area contributed by atoms with Gasteiger partial charge in [0.15, 0.2) is 0 Å². The highest BCUT2D eigenvalue weighted by molar-refractivity contribution is 6.04. The lowest BCUT2D eigenvalue weighted by atomic mass is 10.1. The highest BCUT2D eigenvalue weighted by Gasteiger charge is 2.21. The maximum Gasteiger partial charge on any atom is 0.253 e. The molecule has 1 fully saturated rings. The average Bonchev–Trinajstić information content (AvgIpc) is 2.73. The third kappa shape index (κ3) is 5.89. The first-order chi connectivity index (χ1) is 14.0. The lowest BCUT2D eigenvalue weighted by molar-refractivity contribution is -0.130. The SMILES string of the molecule is CC(=O)N1CCN(CC(=O)Nc2ccccc2C(=O)NCc2ccccc2)CC1. The molecule has 0 spiro atoms. The molecule has 152 valence electrons. The van der Waals surface area contributed by atoms with Gasteiger partial charge in [-0.1, -0.05) is 42.5 Å². The number of nitrogens with zero attached hydrogens (tertiary/aromatic N) is 2. The average molecular weight is 394 g/mol. The van der Waals surface area contributed by atoms with E-state index in [0.29, 0.717) is 44.0 Å². The van der Waals surface area contributed by atoms with Crippen LogP contribution in [0.15, 0.2) is 54.6 Å². The van der Waals surface area contributed by atoms with Crippen LogP contribution in [0.4, 0.5) is 5.69 Å². The van der Waals surface area contributed by atoms with Gasteiger partial charge in [0.05, 0.1) is 17.8 Å². The van der Waals surface area contributed by atoms with Crippen molar-refractivity contribution < 1.29 is 14.4 Å². The van der Waals surface area contributed by atoms with Gasteiger partial charge in [0.2, 0.25) is 11.8 Å². The number of carbonyl (C=O) groups excluding carboxylic acids is 3. The van der Waals surface area contributed by atoms with E-state index in [0.717, 1.165) is 5.56 Å². The van der Waals surface area contributed by atoms with Crippen LogP contribution in [0, 0.1) is 0 Å². The van der Waals surface area contributed by atoms with Crippen molar-refractivity contribution in [2.75, 3.05) is 38.0 Å². The number of benzene rings is 2. The maximum atomic E-state index is 12.6. The fourth-order valence-corrected chi connectivity index (χ4v) is 3.28. The van der Waals surface area contributed by atoms with E-state index in [9.17, 15) is 14.4 Å². The van der Waals surface area contributed by atoms with Crippen LogP contribution >= 0.6 is 0 Å². The lowest BCUT2D eigenvalue weighted by Gasteiger charge is -2.33. The zero-order valence-electron chi connectivity index (χ0n) is 16.6. The van der Waals surface area contributed by atoms with Crippen molar-refractivity contribution in [2.24, 2.45) is 0 Å². The van der Waals surface area contributed by atoms with Crippen molar-refractivity contribution in [3.63, 3.8) is 0 Å². The second-order valence-corrected chi connectivity index (χ2v) is 7.04. The third-order valence-electron chi connectivity index (χ3n) is 4.93. The number of hydrogen-bond donors (Lipinski definition) is 2. The van der Waals surface area contributed by atoms with Crippen molar-refractivity contribution >= 4 is 23.4 Å². The van der Waals surface area contributed by atoms with Crippen molar-refractivity contribution in [3.05, 3.63) is 65.7 Å². The zero-order chi connectivity index (χ0) is 20.6. The van der Waals surface area contributed by atoms with Crippen LogP contribution in [0.5, 0.6) is 0 Å². The molecule has 2 N–H and O–H groups in total. The Morgan fingerprint density at radius 1 is 0.897 bits per heavy atom. The first kappa shape index (κ1) is 20.5. The predicted molar refractivity (Wildman–Crippen MR) is 111 cm³/mol. The number of nitrogens with one attached hydrogen (secondary N) is 2. The molecular weight excluding hydrogens is 368 g/mol. The Morgan fingerprint density at radius 2 is 1.55 bits per heavy atom. The van der Waals surface area contributed by atoms with Gasteiger partial charge < -0.3 is 15.5 Å². The fourth-order valence-electron chi connectivity index (χ4n) is 3.28. The second-order valence-electron chi connectivity index (χ2n) is 7.04. The van der Waals surface area contributed by atoms with Crippen LogP contribution in [0.25, 0.3) is 0 Å². The van der Waals surface area contributed by atoms with E-state index in [-0.39, 0.29) is 24.3 Å². The van der Waals surface area contributed by atoms with Crippen molar-refractivity contribution in [2.45, 2.75) is 13.5 Å². The molecule has 0 saturated carbocycles. The number of hydrogen-bond acceptors (Lipinski definition) is 4. The van der Waals surface area contributed by atoms with Gasteiger partial charge in [-0.05, 0) is 17.7 Å². The van der Waals surface area contributed by atoms with Gasteiger partial charge in [-0.15, -0.1) is 0 Å². The number of piperazine rings is 1. The van der Waals surface area contributed by atoms with Crippen molar-refractivity contribution in [3.8, 4) is 0 Å². The number of anilines is 1. The smallest absolute Gasteiger partial charge is 0.253 e. The molecule has 0 radical (unpaired) electrons. The van der Waals surface area contributed by atoms with E-state index in [1.54, 1.807) is 36.1 Å². The molecule has 0 unspecified atom stereocenters. The number of para-hydroxylation sites is 1. The van der Waals surface area contributed by atoms with Gasteiger partial charge in [0.25, 0.3) is 5.91 Å². The minimum atomic E-state index is -0.236. The molecule has 0 atom stereocenters. The number of carbonyl (C=O) groups is 3. The molecule has 0 aromatic heterocycles. The summed E-state index contributed by atoms with van der Waals surface area (Å²) in [7, 11) is 0. The van der Waals surface area contributed by atoms with E-state index < -0.39 is 0 Å². The molecule has 3 rings (SSSR count). The van der Waals surface area contributed by atoms with E-state index in [4.69, 9.17) is 0 Å². The molecule has 1 saturated heterocycles. The zero-order valence-corrected chi connectivity index (χ0v) is 16.6. The molecule has 3 amide bonds. The summed E-state index contributed by atoms with van der Waals surface area (Å²) in [5.41, 5.74) is 1.93. The molecular formula is C22H26N4O3. The topological polar surface area (TPSA) is 81.8 Å². The van der Waals surface area contributed by atoms with Gasteiger partial charge in [0.1, 0.15) is 0 Å². The van der Waals surface area contributed by atoms with Crippen LogP contribution in [-0.4, -0.2) is 60.2 Å². The minimum Gasteiger partial charge on any atom is -0.348 e. The highest BCUT2D eigenvalue weighted by atomic mass is 16.2. The van der Waals surface area contributed by atoms with Gasteiger partial charge in [0, 0.05) is 39.6 Å². The highest BCUT2D eigenvalue weighted by Crippen LogP contribution is 2.15. The molecule has 0 aliphatic carbocycles. The first-order valence-electron chi connectivity index (χ1n) is 9.72. The van der Waals surface area contributed by atoms with Gasteiger partial charge in [-0.2, -0.15) is 0 Å². The Morgan fingerprint density at radius 3 is 2.24 bits per heavy atom. The Kier molecular flexibility index (Phi) is 6.97. The van der Waals surface area contributed by atoms with E-state index in [1.165, 1.54) is 0 Å². The Labute approximate surface area is 170 Å². The molecule has 29 heavy (non-hydrogen) atoms.